The molecule has 7 heteroatoms. The lowest BCUT2D eigenvalue weighted by molar-refractivity contribution is -0.137. The van der Waals surface area contributed by atoms with E-state index < -0.39 is 23.7 Å². The van der Waals surface area contributed by atoms with Crippen molar-refractivity contribution in [2.75, 3.05) is 0 Å². The summed E-state index contributed by atoms with van der Waals surface area (Å²) in [6, 6.07) is 5.34. The lowest BCUT2D eigenvalue weighted by Crippen LogP contribution is -2.09. The van der Waals surface area contributed by atoms with E-state index in [0.717, 1.165) is 12.1 Å². The number of aliphatic hydroxyl groups excluding tert-OH is 1. The fourth-order valence-electron chi connectivity index (χ4n) is 1.74. The first kappa shape index (κ1) is 15.3. The zero-order chi connectivity index (χ0) is 14.9. The van der Waals surface area contributed by atoms with Crippen LogP contribution in [0.5, 0.6) is 0 Å². The van der Waals surface area contributed by atoms with E-state index in [1.807, 2.05) is 0 Å². The molecule has 1 unspecified atom stereocenters. The first-order valence-corrected chi connectivity index (χ1v) is 6.75. The molecule has 1 nitrogen and oxygen atoms in total. The van der Waals surface area contributed by atoms with Crippen LogP contribution in [0.25, 0.3) is 0 Å². The van der Waals surface area contributed by atoms with E-state index in [4.69, 9.17) is 11.6 Å². The van der Waals surface area contributed by atoms with Crippen molar-refractivity contribution in [1.82, 2.24) is 0 Å². The summed E-state index contributed by atoms with van der Waals surface area (Å²) >= 11 is 6.94. The summed E-state index contributed by atoms with van der Waals surface area (Å²) in [6.07, 6.45) is -5.79. The number of halogens is 5. The lowest BCUT2D eigenvalue weighted by Gasteiger charge is -2.13. The second kappa shape index (κ2) is 5.71. The van der Waals surface area contributed by atoms with Gasteiger partial charge in [-0.05, 0) is 35.9 Å². The number of aliphatic hydroxyl groups is 1. The van der Waals surface area contributed by atoms with Gasteiger partial charge < -0.3 is 5.11 Å². The Labute approximate surface area is 121 Å². The number of thiophene rings is 1. The average Bonchev–Trinajstić information content (AvgIpc) is 2.72. The van der Waals surface area contributed by atoms with Crippen LogP contribution in [0.1, 0.15) is 22.1 Å². The van der Waals surface area contributed by atoms with Crippen molar-refractivity contribution in [3.8, 4) is 0 Å². The highest BCUT2D eigenvalue weighted by atomic mass is 35.5. The molecule has 0 aliphatic rings. The summed E-state index contributed by atoms with van der Waals surface area (Å²) < 4.78 is 51.5. The van der Waals surface area contributed by atoms with Gasteiger partial charge in [-0.2, -0.15) is 13.2 Å². The van der Waals surface area contributed by atoms with Gasteiger partial charge in [-0.1, -0.05) is 11.6 Å². The smallest absolute Gasteiger partial charge is 0.388 e. The third-order valence-electron chi connectivity index (χ3n) is 2.66. The van der Waals surface area contributed by atoms with Gasteiger partial charge in [-0.25, -0.2) is 4.39 Å². The molecule has 2 aromatic rings. The zero-order valence-corrected chi connectivity index (χ0v) is 11.5. The Kier molecular flexibility index (Phi) is 4.36. The van der Waals surface area contributed by atoms with Gasteiger partial charge in [0.15, 0.2) is 0 Å². The monoisotopic (exact) mass is 324 g/mol. The van der Waals surface area contributed by atoms with Crippen molar-refractivity contribution in [1.29, 1.82) is 0 Å². The predicted octanol–water partition coefficient (Wildman–Crippen LogP) is 4.84. The normalized spacial score (nSPS) is 13.5. The molecule has 0 amide bonds. The van der Waals surface area contributed by atoms with Crippen LogP contribution in [-0.2, 0) is 12.6 Å². The van der Waals surface area contributed by atoms with Crippen molar-refractivity contribution in [3.05, 3.63) is 56.5 Å². The molecule has 0 aliphatic heterocycles. The van der Waals surface area contributed by atoms with Crippen molar-refractivity contribution >= 4 is 22.9 Å². The largest absolute Gasteiger partial charge is 0.416 e. The summed E-state index contributed by atoms with van der Waals surface area (Å²) in [5.41, 5.74) is -1.22. The Bertz CT molecular complexity index is 609. The SMILES string of the molecule is OC(Cc1ccc(Cl)s1)c1cc(F)cc(C(F)(F)F)c1. The standard InChI is InChI=1S/C13H9ClF4OS/c14-12-2-1-10(20-12)6-11(19)7-3-8(13(16,17)18)5-9(15)4-7/h1-5,11,19H,6H2. The Morgan fingerprint density at radius 1 is 1.20 bits per heavy atom. The topological polar surface area (TPSA) is 20.2 Å². The van der Waals surface area contributed by atoms with Gasteiger partial charge >= 0.3 is 6.18 Å². The third kappa shape index (κ3) is 3.71. The number of hydrogen-bond acceptors (Lipinski definition) is 2. The second-order valence-corrected chi connectivity index (χ2v) is 6.00. The number of rotatable bonds is 3. The molecule has 0 spiro atoms. The Morgan fingerprint density at radius 3 is 2.45 bits per heavy atom. The summed E-state index contributed by atoms with van der Waals surface area (Å²) in [4.78, 5) is 0.709. The van der Waals surface area contributed by atoms with Crippen molar-refractivity contribution in [2.45, 2.75) is 18.7 Å². The number of alkyl halides is 3. The van der Waals surface area contributed by atoms with Crippen LogP contribution in [0.3, 0.4) is 0 Å². The van der Waals surface area contributed by atoms with E-state index in [0.29, 0.717) is 15.3 Å². The van der Waals surface area contributed by atoms with Crippen LogP contribution in [0, 0.1) is 5.82 Å². The van der Waals surface area contributed by atoms with Crippen molar-refractivity contribution in [2.24, 2.45) is 0 Å². The number of benzene rings is 1. The molecule has 1 aromatic heterocycles. The van der Waals surface area contributed by atoms with Crippen molar-refractivity contribution in [3.63, 3.8) is 0 Å². The maximum Gasteiger partial charge on any atom is 0.416 e. The minimum absolute atomic E-state index is 0.0815. The van der Waals surface area contributed by atoms with E-state index in [1.54, 1.807) is 12.1 Å². The van der Waals surface area contributed by atoms with E-state index in [-0.39, 0.29) is 12.0 Å². The molecule has 0 fully saturated rings. The fraction of sp³-hybridized carbons (Fsp3) is 0.231. The van der Waals surface area contributed by atoms with E-state index >= 15 is 0 Å². The zero-order valence-electron chi connectivity index (χ0n) is 9.92. The van der Waals surface area contributed by atoms with Gasteiger partial charge in [-0.15, -0.1) is 11.3 Å². The predicted molar refractivity (Wildman–Crippen MR) is 69.4 cm³/mol. The van der Waals surface area contributed by atoms with Gasteiger partial charge in [0, 0.05) is 11.3 Å². The molecular weight excluding hydrogens is 316 g/mol. The molecule has 1 heterocycles. The third-order valence-corrected chi connectivity index (χ3v) is 3.91. The Hall–Kier alpha value is -1.11. The quantitative estimate of drug-likeness (QED) is 0.801. The van der Waals surface area contributed by atoms with Gasteiger partial charge in [0.1, 0.15) is 5.82 Å². The van der Waals surface area contributed by atoms with Gasteiger partial charge in [0.2, 0.25) is 0 Å². The van der Waals surface area contributed by atoms with E-state index in [9.17, 15) is 22.7 Å². The molecule has 0 bridgehead atoms. The molecule has 108 valence electrons. The molecule has 0 saturated carbocycles. The molecule has 0 radical (unpaired) electrons. The van der Waals surface area contributed by atoms with Crippen LogP contribution in [0.4, 0.5) is 17.6 Å². The molecular formula is C13H9ClF4OS. The minimum Gasteiger partial charge on any atom is -0.388 e. The van der Waals surface area contributed by atoms with E-state index in [1.165, 1.54) is 11.3 Å². The maximum absolute atomic E-state index is 13.2. The van der Waals surface area contributed by atoms with Gasteiger partial charge in [0.05, 0.1) is 16.0 Å². The van der Waals surface area contributed by atoms with E-state index in [2.05, 4.69) is 0 Å². The van der Waals surface area contributed by atoms with Crippen LogP contribution in [0.15, 0.2) is 30.3 Å². The average molecular weight is 325 g/mol. The van der Waals surface area contributed by atoms with Crippen LogP contribution in [0.2, 0.25) is 4.34 Å². The fourth-order valence-corrected chi connectivity index (χ4v) is 2.86. The van der Waals surface area contributed by atoms with Crippen molar-refractivity contribution < 1.29 is 22.7 Å². The second-order valence-electron chi connectivity index (χ2n) is 4.20. The summed E-state index contributed by atoms with van der Waals surface area (Å²) in [7, 11) is 0. The van der Waals surface area contributed by atoms with Gasteiger partial charge in [0.25, 0.3) is 0 Å². The number of hydrogen-bond donors (Lipinski definition) is 1. The van der Waals surface area contributed by atoms with Gasteiger partial charge in [-0.3, -0.25) is 0 Å². The summed E-state index contributed by atoms with van der Waals surface area (Å²) in [6.45, 7) is 0. The molecule has 1 atom stereocenters. The van der Waals surface area contributed by atoms with Crippen LogP contribution >= 0.6 is 22.9 Å². The van der Waals surface area contributed by atoms with Crippen LogP contribution in [-0.4, -0.2) is 5.11 Å². The molecule has 1 aromatic carbocycles. The van der Waals surface area contributed by atoms with Crippen LogP contribution < -0.4 is 0 Å². The lowest BCUT2D eigenvalue weighted by atomic mass is 10.0. The molecule has 1 N–H and O–H groups in total. The first-order chi connectivity index (χ1) is 9.25. The molecule has 20 heavy (non-hydrogen) atoms. The first-order valence-electron chi connectivity index (χ1n) is 5.55. The minimum atomic E-state index is -4.65. The summed E-state index contributed by atoms with van der Waals surface area (Å²) in [5.74, 6) is -1.03. The Balaban J connectivity index is 2.25. The molecule has 0 saturated heterocycles. The highest BCUT2D eigenvalue weighted by molar-refractivity contribution is 7.16. The highest BCUT2D eigenvalue weighted by Crippen LogP contribution is 2.33. The maximum atomic E-state index is 13.2. The highest BCUT2D eigenvalue weighted by Gasteiger charge is 2.32. The molecule has 0 aliphatic carbocycles. The summed E-state index contributed by atoms with van der Waals surface area (Å²) in [5, 5.41) is 9.93. The Morgan fingerprint density at radius 2 is 1.90 bits per heavy atom. The molecule has 2 rings (SSSR count).